The Bertz CT molecular complexity index is 357. The molecule has 6 heteroatoms. The Labute approximate surface area is 80.6 Å². The predicted octanol–water partition coefficient (Wildman–Crippen LogP) is 2.77. The van der Waals surface area contributed by atoms with Gasteiger partial charge in [-0.3, -0.25) is 10.1 Å². The van der Waals surface area contributed by atoms with Crippen molar-refractivity contribution in [3.8, 4) is 0 Å². The molecule has 0 aromatic heterocycles. The van der Waals surface area contributed by atoms with Crippen molar-refractivity contribution in [2.45, 2.75) is 5.33 Å². The molecule has 0 unspecified atom stereocenters. The number of rotatable bonds is 2. The summed E-state index contributed by atoms with van der Waals surface area (Å²) in [5.74, 6) is -1.81. The second-order valence-electron chi connectivity index (χ2n) is 2.25. The van der Waals surface area contributed by atoms with Crippen LogP contribution in [0.15, 0.2) is 12.1 Å². The van der Waals surface area contributed by atoms with Gasteiger partial charge in [-0.25, -0.2) is 4.39 Å². The molecule has 70 valence electrons. The van der Waals surface area contributed by atoms with Gasteiger partial charge in [-0.05, 0) is 12.1 Å². The fraction of sp³-hybridized carbons (Fsp3) is 0.143. The molecule has 0 saturated carbocycles. The van der Waals surface area contributed by atoms with Gasteiger partial charge in [0.1, 0.15) is 5.82 Å². The monoisotopic (exact) mass is 251 g/mol. The molecule has 0 radical (unpaired) electrons. The molecule has 0 amide bonds. The Kier molecular flexibility index (Phi) is 2.92. The molecule has 0 fully saturated rings. The SMILES string of the molecule is O=[N+]([O-])c1c(F)ccc(F)c1CBr. The second kappa shape index (κ2) is 3.78. The third kappa shape index (κ3) is 1.82. The van der Waals surface area contributed by atoms with Crippen LogP contribution < -0.4 is 0 Å². The van der Waals surface area contributed by atoms with Crippen molar-refractivity contribution in [3.63, 3.8) is 0 Å². The average molecular weight is 252 g/mol. The quantitative estimate of drug-likeness (QED) is 0.461. The highest BCUT2D eigenvalue weighted by Gasteiger charge is 2.22. The molecule has 0 aliphatic carbocycles. The standard InChI is InChI=1S/C7H4BrF2NO2/c8-3-4-5(9)1-2-6(10)7(4)11(12)13/h1-2H,3H2. The molecule has 1 rings (SSSR count). The van der Waals surface area contributed by atoms with Gasteiger partial charge in [-0.2, -0.15) is 4.39 Å². The lowest BCUT2D eigenvalue weighted by atomic mass is 10.2. The summed E-state index contributed by atoms with van der Waals surface area (Å²) in [6.07, 6.45) is 0. The van der Waals surface area contributed by atoms with Gasteiger partial charge >= 0.3 is 5.69 Å². The maximum atomic E-state index is 12.9. The zero-order valence-electron chi connectivity index (χ0n) is 6.26. The first kappa shape index (κ1) is 10.0. The van der Waals surface area contributed by atoms with Crippen molar-refractivity contribution in [2.24, 2.45) is 0 Å². The molecular formula is C7H4BrF2NO2. The molecule has 0 aliphatic rings. The van der Waals surface area contributed by atoms with E-state index in [1.54, 1.807) is 0 Å². The smallest absolute Gasteiger partial charge is 0.258 e. The maximum absolute atomic E-state index is 12.9. The largest absolute Gasteiger partial charge is 0.311 e. The highest BCUT2D eigenvalue weighted by molar-refractivity contribution is 9.08. The molecule has 3 nitrogen and oxygen atoms in total. The van der Waals surface area contributed by atoms with E-state index >= 15 is 0 Å². The van der Waals surface area contributed by atoms with E-state index in [1.165, 1.54) is 0 Å². The number of nitro benzene ring substituents is 1. The number of benzene rings is 1. The molecule has 0 aliphatic heterocycles. The number of hydrogen-bond acceptors (Lipinski definition) is 2. The third-order valence-electron chi connectivity index (χ3n) is 1.49. The zero-order chi connectivity index (χ0) is 10.0. The van der Waals surface area contributed by atoms with Crippen LogP contribution in [0.2, 0.25) is 0 Å². The van der Waals surface area contributed by atoms with Gasteiger partial charge < -0.3 is 0 Å². The summed E-state index contributed by atoms with van der Waals surface area (Å²) in [7, 11) is 0. The average Bonchev–Trinajstić information content (AvgIpc) is 2.07. The van der Waals surface area contributed by atoms with Crippen molar-refractivity contribution in [2.75, 3.05) is 0 Å². The highest BCUT2D eigenvalue weighted by atomic mass is 79.9. The molecule has 0 spiro atoms. The molecular weight excluding hydrogens is 248 g/mol. The van der Waals surface area contributed by atoms with Gasteiger partial charge in [0.05, 0.1) is 10.5 Å². The minimum Gasteiger partial charge on any atom is -0.258 e. The molecule has 13 heavy (non-hydrogen) atoms. The van der Waals surface area contributed by atoms with Crippen LogP contribution in [0.25, 0.3) is 0 Å². The summed E-state index contributed by atoms with van der Waals surface area (Å²) < 4.78 is 25.7. The van der Waals surface area contributed by atoms with Crippen molar-refractivity contribution in [1.82, 2.24) is 0 Å². The van der Waals surface area contributed by atoms with E-state index in [2.05, 4.69) is 15.9 Å². The fourth-order valence-electron chi connectivity index (χ4n) is 0.908. The number of nitrogens with zero attached hydrogens (tertiary/aromatic N) is 1. The molecule has 0 heterocycles. The summed E-state index contributed by atoms with van der Waals surface area (Å²) in [5, 5.41) is 10.2. The van der Waals surface area contributed by atoms with E-state index in [1.807, 2.05) is 0 Å². The van der Waals surface area contributed by atoms with Crippen molar-refractivity contribution < 1.29 is 13.7 Å². The topological polar surface area (TPSA) is 43.1 Å². The van der Waals surface area contributed by atoms with Crippen LogP contribution >= 0.6 is 15.9 Å². The molecule has 0 bridgehead atoms. The van der Waals surface area contributed by atoms with Gasteiger partial charge in [0.2, 0.25) is 5.82 Å². The lowest BCUT2D eigenvalue weighted by Gasteiger charge is -2.00. The van der Waals surface area contributed by atoms with Crippen molar-refractivity contribution in [1.29, 1.82) is 0 Å². The number of alkyl halides is 1. The minimum atomic E-state index is -1.03. The Morgan fingerprint density at radius 3 is 2.31 bits per heavy atom. The van der Waals surface area contributed by atoms with Crippen LogP contribution in [0.1, 0.15) is 5.56 Å². The number of hydrogen-bond donors (Lipinski definition) is 0. The van der Waals surface area contributed by atoms with Gasteiger partial charge in [-0.1, -0.05) is 15.9 Å². The number of nitro groups is 1. The van der Waals surface area contributed by atoms with Crippen molar-refractivity contribution >= 4 is 21.6 Å². The minimum absolute atomic E-state index is 0.0904. The summed E-state index contributed by atoms with van der Waals surface area (Å²) >= 11 is 2.85. The third-order valence-corrected chi connectivity index (χ3v) is 2.05. The predicted molar refractivity (Wildman–Crippen MR) is 45.6 cm³/mol. The lowest BCUT2D eigenvalue weighted by Crippen LogP contribution is -1.99. The highest BCUT2D eigenvalue weighted by Crippen LogP contribution is 2.26. The molecule has 1 aromatic rings. The van der Waals surface area contributed by atoms with Crippen LogP contribution in [0.3, 0.4) is 0 Å². The Morgan fingerprint density at radius 2 is 1.92 bits per heavy atom. The van der Waals surface area contributed by atoms with Gasteiger partial charge in [-0.15, -0.1) is 0 Å². The Balaban J connectivity index is 3.43. The molecule has 0 saturated heterocycles. The van der Waals surface area contributed by atoms with E-state index < -0.39 is 22.2 Å². The summed E-state index contributed by atoms with van der Waals surface area (Å²) in [4.78, 5) is 9.40. The Hall–Kier alpha value is -1.04. The van der Waals surface area contributed by atoms with E-state index in [0.717, 1.165) is 12.1 Å². The first-order chi connectivity index (χ1) is 6.07. The van der Waals surface area contributed by atoms with E-state index in [-0.39, 0.29) is 10.9 Å². The lowest BCUT2D eigenvalue weighted by molar-refractivity contribution is -0.388. The van der Waals surface area contributed by atoms with Crippen LogP contribution in [0.4, 0.5) is 14.5 Å². The van der Waals surface area contributed by atoms with Gasteiger partial charge in [0.25, 0.3) is 0 Å². The van der Waals surface area contributed by atoms with E-state index in [0.29, 0.717) is 0 Å². The molecule has 1 aromatic carbocycles. The Morgan fingerprint density at radius 1 is 1.38 bits per heavy atom. The van der Waals surface area contributed by atoms with E-state index in [9.17, 15) is 18.9 Å². The van der Waals surface area contributed by atoms with Crippen LogP contribution in [0.5, 0.6) is 0 Å². The second-order valence-corrected chi connectivity index (χ2v) is 2.81. The van der Waals surface area contributed by atoms with Crippen LogP contribution in [-0.4, -0.2) is 4.92 Å². The summed E-state index contributed by atoms with van der Waals surface area (Å²) in [6.45, 7) is 0. The fourth-order valence-corrected chi connectivity index (χ4v) is 1.44. The van der Waals surface area contributed by atoms with Crippen LogP contribution in [-0.2, 0) is 5.33 Å². The first-order valence-corrected chi connectivity index (χ1v) is 4.37. The van der Waals surface area contributed by atoms with Gasteiger partial charge in [0, 0.05) is 5.33 Å². The maximum Gasteiger partial charge on any atom is 0.311 e. The first-order valence-electron chi connectivity index (χ1n) is 3.25. The van der Waals surface area contributed by atoms with E-state index in [4.69, 9.17) is 0 Å². The zero-order valence-corrected chi connectivity index (χ0v) is 7.85. The van der Waals surface area contributed by atoms with Crippen molar-refractivity contribution in [3.05, 3.63) is 39.4 Å². The molecule has 0 N–H and O–H groups in total. The van der Waals surface area contributed by atoms with Crippen LogP contribution in [0, 0.1) is 21.7 Å². The summed E-state index contributed by atoms with van der Waals surface area (Å²) in [6, 6.07) is 1.60. The summed E-state index contributed by atoms with van der Waals surface area (Å²) in [5.41, 5.74) is -1.08. The molecule has 0 atom stereocenters. The normalized spacial score (nSPS) is 10.1. The van der Waals surface area contributed by atoms with Gasteiger partial charge in [0.15, 0.2) is 0 Å². The number of halogens is 3.